The highest BCUT2D eigenvalue weighted by molar-refractivity contribution is 7.92. The van der Waals surface area contributed by atoms with Crippen LogP contribution in [0.15, 0.2) is 41.4 Å². The zero-order valence-electron chi connectivity index (χ0n) is 14.3. The first-order valence-electron chi connectivity index (χ1n) is 7.82. The van der Waals surface area contributed by atoms with Gasteiger partial charge in [0.15, 0.2) is 0 Å². The second-order valence-electron chi connectivity index (χ2n) is 6.96. The highest BCUT2D eigenvalue weighted by Gasteiger charge is 2.22. The molecule has 0 radical (unpaired) electrons. The summed E-state index contributed by atoms with van der Waals surface area (Å²) in [6, 6.07) is 7.93. The number of pyridine rings is 1. The van der Waals surface area contributed by atoms with Crippen molar-refractivity contribution in [2.24, 2.45) is 0 Å². The van der Waals surface area contributed by atoms with Crippen LogP contribution in [0.5, 0.6) is 0 Å². The lowest BCUT2D eigenvalue weighted by Crippen LogP contribution is -2.26. The number of nitrogens with one attached hydrogen (secondary N) is 3. The maximum Gasteiger partial charge on any atom is 0.263 e. The number of rotatable bonds is 4. The summed E-state index contributed by atoms with van der Waals surface area (Å²) in [4.78, 5) is 15.6. The molecular weight excluding hydrogens is 340 g/mol. The molecular formula is C17H20N4O3S. The van der Waals surface area contributed by atoms with E-state index >= 15 is 0 Å². The number of anilines is 3. The Morgan fingerprint density at radius 1 is 1.16 bits per heavy atom. The third kappa shape index (κ3) is 4.08. The first-order valence-corrected chi connectivity index (χ1v) is 9.31. The standard InChI is InChI=1S/C17H20N4O3S/c1-17(2,3)20-12-4-7-15(18-10-12)21-25(23,24)13-5-6-14-11(8-13)9-16(22)19-14/h4-8,10,20H,9H2,1-3H3,(H,18,21)(H,19,22). The van der Waals surface area contributed by atoms with E-state index in [0.717, 1.165) is 5.69 Å². The molecule has 2 heterocycles. The van der Waals surface area contributed by atoms with Gasteiger partial charge < -0.3 is 10.6 Å². The van der Waals surface area contributed by atoms with E-state index in [1.54, 1.807) is 24.4 Å². The van der Waals surface area contributed by atoms with Crippen LogP contribution in [0.2, 0.25) is 0 Å². The van der Waals surface area contributed by atoms with Gasteiger partial charge in [0.1, 0.15) is 5.82 Å². The minimum absolute atomic E-state index is 0.0986. The molecule has 8 heteroatoms. The van der Waals surface area contributed by atoms with E-state index < -0.39 is 10.0 Å². The number of benzene rings is 1. The summed E-state index contributed by atoms with van der Waals surface area (Å²) in [6.07, 6.45) is 1.76. The lowest BCUT2D eigenvalue weighted by molar-refractivity contribution is -0.115. The summed E-state index contributed by atoms with van der Waals surface area (Å²) in [5.74, 6) is 0.0928. The summed E-state index contributed by atoms with van der Waals surface area (Å²) in [5.41, 5.74) is 2.02. The Labute approximate surface area is 146 Å². The van der Waals surface area contributed by atoms with Crippen molar-refractivity contribution in [2.75, 3.05) is 15.4 Å². The second kappa shape index (κ2) is 6.03. The number of sulfonamides is 1. The van der Waals surface area contributed by atoms with Crippen molar-refractivity contribution in [1.29, 1.82) is 0 Å². The summed E-state index contributed by atoms with van der Waals surface area (Å²) in [7, 11) is -3.77. The van der Waals surface area contributed by atoms with E-state index in [-0.39, 0.29) is 28.6 Å². The van der Waals surface area contributed by atoms with Crippen LogP contribution in [0.4, 0.5) is 17.2 Å². The number of nitrogens with zero attached hydrogens (tertiary/aromatic N) is 1. The van der Waals surface area contributed by atoms with Crippen LogP contribution in [0.25, 0.3) is 0 Å². The molecule has 1 aromatic carbocycles. The minimum Gasteiger partial charge on any atom is -0.379 e. The lowest BCUT2D eigenvalue weighted by atomic mass is 10.1. The van der Waals surface area contributed by atoms with Crippen molar-refractivity contribution in [3.63, 3.8) is 0 Å². The molecule has 3 N–H and O–H groups in total. The Hall–Kier alpha value is -2.61. The zero-order chi connectivity index (χ0) is 18.2. The molecule has 0 bridgehead atoms. The molecule has 0 saturated carbocycles. The molecule has 0 unspecified atom stereocenters. The molecule has 132 valence electrons. The van der Waals surface area contributed by atoms with Crippen molar-refractivity contribution in [2.45, 2.75) is 37.6 Å². The molecule has 2 aromatic rings. The number of aromatic nitrogens is 1. The molecule has 0 spiro atoms. The first-order chi connectivity index (χ1) is 11.6. The van der Waals surface area contributed by atoms with E-state index in [2.05, 4.69) is 20.3 Å². The van der Waals surface area contributed by atoms with E-state index in [1.165, 1.54) is 12.1 Å². The zero-order valence-corrected chi connectivity index (χ0v) is 15.1. The van der Waals surface area contributed by atoms with E-state index in [1.807, 2.05) is 20.8 Å². The van der Waals surface area contributed by atoms with E-state index in [0.29, 0.717) is 11.3 Å². The number of hydrogen-bond acceptors (Lipinski definition) is 5. The van der Waals surface area contributed by atoms with Gasteiger partial charge in [-0.3, -0.25) is 9.52 Å². The third-order valence-electron chi connectivity index (χ3n) is 3.53. The summed E-state index contributed by atoms with van der Waals surface area (Å²) in [6.45, 7) is 6.07. The van der Waals surface area contributed by atoms with Crippen molar-refractivity contribution < 1.29 is 13.2 Å². The first kappa shape index (κ1) is 17.2. The van der Waals surface area contributed by atoms with Gasteiger partial charge in [0, 0.05) is 11.2 Å². The number of amides is 1. The fraction of sp³-hybridized carbons (Fsp3) is 0.294. The van der Waals surface area contributed by atoms with Crippen molar-refractivity contribution in [3.8, 4) is 0 Å². The molecule has 7 nitrogen and oxygen atoms in total. The topological polar surface area (TPSA) is 100 Å². The summed E-state index contributed by atoms with van der Waals surface area (Å²) < 4.78 is 27.5. The Kier molecular flexibility index (Phi) is 4.16. The number of carbonyl (C=O) groups is 1. The van der Waals surface area contributed by atoms with Crippen molar-refractivity contribution in [3.05, 3.63) is 42.1 Å². The van der Waals surface area contributed by atoms with Gasteiger partial charge in [-0.2, -0.15) is 0 Å². The number of carbonyl (C=O) groups excluding carboxylic acids is 1. The fourth-order valence-electron chi connectivity index (χ4n) is 2.53. The van der Waals surface area contributed by atoms with Gasteiger partial charge in [-0.1, -0.05) is 0 Å². The van der Waals surface area contributed by atoms with Crippen molar-refractivity contribution >= 4 is 33.1 Å². The highest BCUT2D eigenvalue weighted by atomic mass is 32.2. The largest absolute Gasteiger partial charge is 0.379 e. The summed E-state index contributed by atoms with van der Waals surface area (Å²) >= 11 is 0. The van der Waals surface area contributed by atoms with Gasteiger partial charge in [-0.15, -0.1) is 0 Å². The van der Waals surface area contributed by atoms with Gasteiger partial charge in [0.2, 0.25) is 5.91 Å². The maximum atomic E-state index is 12.5. The molecule has 0 fully saturated rings. The van der Waals surface area contributed by atoms with Gasteiger partial charge in [0.25, 0.3) is 10.0 Å². The van der Waals surface area contributed by atoms with Gasteiger partial charge in [-0.25, -0.2) is 13.4 Å². The SMILES string of the molecule is CC(C)(C)Nc1ccc(NS(=O)(=O)c2ccc3c(c2)CC(=O)N3)nc1. The monoisotopic (exact) mass is 360 g/mol. The molecule has 3 rings (SSSR count). The Balaban J connectivity index is 1.78. The second-order valence-corrected chi connectivity index (χ2v) is 8.64. The smallest absolute Gasteiger partial charge is 0.263 e. The van der Waals surface area contributed by atoms with Crippen molar-refractivity contribution in [1.82, 2.24) is 4.98 Å². The maximum absolute atomic E-state index is 12.5. The molecule has 1 amide bonds. The van der Waals surface area contributed by atoms with Crippen LogP contribution in [0.3, 0.4) is 0 Å². The average molecular weight is 360 g/mol. The van der Waals surface area contributed by atoms with E-state index in [9.17, 15) is 13.2 Å². The Bertz CT molecular complexity index is 916. The minimum atomic E-state index is -3.77. The fourth-order valence-corrected chi connectivity index (χ4v) is 3.59. The van der Waals surface area contributed by atoms with Crippen LogP contribution >= 0.6 is 0 Å². The van der Waals surface area contributed by atoms with Crippen LogP contribution in [0, 0.1) is 0 Å². The number of hydrogen-bond donors (Lipinski definition) is 3. The lowest BCUT2D eigenvalue weighted by Gasteiger charge is -2.21. The highest BCUT2D eigenvalue weighted by Crippen LogP contribution is 2.26. The van der Waals surface area contributed by atoms with Crippen LogP contribution in [-0.4, -0.2) is 24.8 Å². The molecule has 0 atom stereocenters. The normalized spacial score (nSPS) is 14.0. The van der Waals surface area contributed by atoms with Gasteiger partial charge in [-0.05, 0) is 56.7 Å². The van der Waals surface area contributed by atoms with Gasteiger partial charge in [0.05, 0.1) is 23.2 Å². The molecule has 0 aliphatic carbocycles. The quantitative estimate of drug-likeness (QED) is 0.778. The van der Waals surface area contributed by atoms with Crippen LogP contribution in [0.1, 0.15) is 26.3 Å². The number of fused-ring (bicyclic) bond motifs is 1. The van der Waals surface area contributed by atoms with Crippen LogP contribution < -0.4 is 15.4 Å². The average Bonchev–Trinajstić information content (AvgIpc) is 2.86. The molecule has 0 saturated heterocycles. The predicted octanol–water partition coefficient (Wildman–Crippen LogP) is 2.59. The predicted molar refractivity (Wildman–Crippen MR) is 97.2 cm³/mol. The molecule has 25 heavy (non-hydrogen) atoms. The molecule has 1 aliphatic heterocycles. The summed E-state index contributed by atoms with van der Waals surface area (Å²) in [5, 5.41) is 5.93. The van der Waals surface area contributed by atoms with E-state index in [4.69, 9.17) is 0 Å². The third-order valence-corrected chi connectivity index (χ3v) is 4.89. The van der Waals surface area contributed by atoms with Crippen LogP contribution in [-0.2, 0) is 21.2 Å². The van der Waals surface area contributed by atoms with Gasteiger partial charge >= 0.3 is 0 Å². The molecule has 1 aromatic heterocycles. The Morgan fingerprint density at radius 2 is 1.92 bits per heavy atom. The molecule has 1 aliphatic rings. The Morgan fingerprint density at radius 3 is 2.56 bits per heavy atom.